The summed E-state index contributed by atoms with van der Waals surface area (Å²) in [6.07, 6.45) is 4.28. The van der Waals surface area contributed by atoms with Crippen LogP contribution in [0.25, 0.3) is 0 Å². The van der Waals surface area contributed by atoms with Gasteiger partial charge in [-0.25, -0.2) is 0 Å². The minimum Gasteiger partial charge on any atom is -0.379 e. The van der Waals surface area contributed by atoms with E-state index < -0.39 is 0 Å². The standard InChI is InChI=1S/C11H22N2O2/c1-2-3-10(12)11(14)13-6-7-15-8-9-4-5-9/h9-10H,2-8,12H2,1H3,(H,13,14)/t10-/m1/s1. The Morgan fingerprint density at radius 3 is 2.93 bits per heavy atom. The van der Waals surface area contributed by atoms with Crippen molar-refractivity contribution in [2.24, 2.45) is 11.7 Å². The Hall–Kier alpha value is -0.610. The van der Waals surface area contributed by atoms with Gasteiger partial charge in [-0.3, -0.25) is 4.79 Å². The lowest BCUT2D eigenvalue weighted by Gasteiger charge is -2.11. The molecule has 1 atom stereocenters. The van der Waals surface area contributed by atoms with Crippen LogP contribution in [-0.4, -0.2) is 31.7 Å². The van der Waals surface area contributed by atoms with Gasteiger partial charge in [0.15, 0.2) is 0 Å². The van der Waals surface area contributed by atoms with Crippen LogP contribution in [0.4, 0.5) is 0 Å². The summed E-state index contributed by atoms with van der Waals surface area (Å²) in [5, 5.41) is 2.77. The van der Waals surface area contributed by atoms with Gasteiger partial charge in [0.2, 0.25) is 5.91 Å². The van der Waals surface area contributed by atoms with Gasteiger partial charge in [-0.1, -0.05) is 13.3 Å². The quantitative estimate of drug-likeness (QED) is 0.583. The van der Waals surface area contributed by atoms with E-state index >= 15 is 0 Å². The van der Waals surface area contributed by atoms with Crippen LogP contribution in [0.5, 0.6) is 0 Å². The molecule has 1 saturated carbocycles. The van der Waals surface area contributed by atoms with E-state index in [2.05, 4.69) is 5.32 Å². The highest BCUT2D eigenvalue weighted by molar-refractivity contribution is 5.81. The molecule has 0 aliphatic heterocycles. The third kappa shape index (κ3) is 5.74. The van der Waals surface area contributed by atoms with Crippen LogP contribution < -0.4 is 11.1 Å². The topological polar surface area (TPSA) is 64.4 Å². The van der Waals surface area contributed by atoms with Crippen molar-refractivity contribution < 1.29 is 9.53 Å². The number of hydrogen-bond acceptors (Lipinski definition) is 3. The normalized spacial score (nSPS) is 17.5. The highest BCUT2D eigenvalue weighted by Gasteiger charge is 2.20. The Kier molecular flexibility index (Phi) is 5.65. The molecule has 0 bridgehead atoms. The maximum Gasteiger partial charge on any atom is 0.236 e. The van der Waals surface area contributed by atoms with E-state index in [4.69, 9.17) is 10.5 Å². The van der Waals surface area contributed by atoms with Gasteiger partial charge < -0.3 is 15.8 Å². The van der Waals surface area contributed by atoms with Crippen molar-refractivity contribution in [1.29, 1.82) is 0 Å². The van der Waals surface area contributed by atoms with Gasteiger partial charge >= 0.3 is 0 Å². The van der Waals surface area contributed by atoms with E-state index in [9.17, 15) is 4.79 Å². The van der Waals surface area contributed by atoms with Gasteiger partial charge in [0.05, 0.1) is 12.6 Å². The summed E-state index contributed by atoms with van der Waals surface area (Å²) in [4.78, 5) is 11.4. The van der Waals surface area contributed by atoms with Gasteiger partial charge in [0.25, 0.3) is 0 Å². The summed E-state index contributed by atoms with van der Waals surface area (Å²) < 4.78 is 5.39. The van der Waals surface area contributed by atoms with Crippen molar-refractivity contribution in [3.63, 3.8) is 0 Å². The van der Waals surface area contributed by atoms with Crippen LogP contribution in [0.15, 0.2) is 0 Å². The number of rotatable bonds is 8. The molecule has 0 spiro atoms. The first kappa shape index (κ1) is 12.5. The maximum atomic E-state index is 11.4. The van der Waals surface area contributed by atoms with Crippen LogP contribution in [-0.2, 0) is 9.53 Å². The Bertz CT molecular complexity index is 193. The first-order valence-electron chi connectivity index (χ1n) is 5.85. The van der Waals surface area contributed by atoms with Crippen molar-refractivity contribution in [2.45, 2.75) is 38.6 Å². The van der Waals surface area contributed by atoms with E-state index in [0.717, 1.165) is 25.4 Å². The molecule has 1 amide bonds. The number of nitrogens with one attached hydrogen (secondary N) is 1. The Morgan fingerprint density at radius 1 is 1.60 bits per heavy atom. The van der Waals surface area contributed by atoms with Crippen molar-refractivity contribution in [3.8, 4) is 0 Å². The number of carbonyl (C=O) groups is 1. The summed E-state index contributed by atoms with van der Waals surface area (Å²) >= 11 is 0. The zero-order valence-electron chi connectivity index (χ0n) is 9.50. The highest BCUT2D eigenvalue weighted by atomic mass is 16.5. The zero-order chi connectivity index (χ0) is 11.1. The van der Waals surface area contributed by atoms with Gasteiger partial charge in [-0.15, -0.1) is 0 Å². The molecule has 15 heavy (non-hydrogen) atoms. The average molecular weight is 214 g/mol. The summed E-state index contributed by atoms with van der Waals surface area (Å²) in [5.74, 6) is 0.718. The molecular weight excluding hydrogens is 192 g/mol. The summed E-state index contributed by atoms with van der Waals surface area (Å²) in [6, 6.07) is -0.363. The van der Waals surface area contributed by atoms with Crippen LogP contribution in [0.1, 0.15) is 32.6 Å². The second-order valence-corrected chi connectivity index (χ2v) is 4.20. The van der Waals surface area contributed by atoms with Crippen molar-refractivity contribution in [2.75, 3.05) is 19.8 Å². The zero-order valence-corrected chi connectivity index (χ0v) is 9.50. The predicted octanol–water partition coefficient (Wildman–Crippen LogP) is 0.657. The van der Waals surface area contributed by atoms with Gasteiger partial charge in [-0.05, 0) is 25.2 Å². The van der Waals surface area contributed by atoms with Crippen LogP contribution in [0, 0.1) is 5.92 Å². The molecular formula is C11H22N2O2. The van der Waals surface area contributed by atoms with Crippen molar-refractivity contribution >= 4 is 5.91 Å². The molecule has 4 nitrogen and oxygen atoms in total. The molecule has 1 fully saturated rings. The average Bonchev–Trinajstić information content (AvgIpc) is 3.01. The van der Waals surface area contributed by atoms with Crippen LogP contribution in [0.2, 0.25) is 0 Å². The van der Waals surface area contributed by atoms with E-state index in [1.807, 2.05) is 6.92 Å². The molecule has 1 aliphatic rings. The van der Waals surface area contributed by atoms with E-state index in [0.29, 0.717) is 13.2 Å². The van der Waals surface area contributed by atoms with Gasteiger partial charge in [0, 0.05) is 13.2 Å². The first-order chi connectivity index (χ1) is 7.24. The number of ether oxygens (including phenoxy) is 1. The largest absolute Gasteiger partial charge is 0.379 e. The SMILES string of the molecule is CCC[C@@H](N)C(=O)NCCOCC1CC1. The minimum atomic E-state index is -0.363. The van der Waals surface area contributed by atoms with Crippen LogP contribution >= 0.6 is 0 Å². The lowest BCUT2D eigenvalue weighted by molar-refractivity contribution is -0.122. The summed E-state index contributed by atoms with van der Waals surface area (Å²) in [6.45, 7) is 4.03. The second-order valence-electron chi connectivity index (χ2n) is 4.20. The van der Waals surface area contributed by atoms with Gasteiger partial charge in [0.1, 0.15) is 0 Å². The summed E-state index contributed by atoms with van der Waals surface area (Å²) in [5.41, 5.74) is 5.65. The molecule has 1 rings (SSSR count). The third-order valence-corrected chi connectivity index (χ3v) is 2.53. The van der Waals surface area contributed by atoms with Gasteiger partial charge in [-0.2, -0.15) is 0 Å². The fourth-order valence-corrected chi connectivity index (χ4v) is 1.35. The lowest BCUT2D eigenvalue weighted by Crippen LogP contribution is -2.41. The maximum absolute atomic E-state index is 11.4. The monoisotopic (exact) mass is 214 g/mol. The van der Waals surface area contributed by atoms with E-state index in [1.54, 1.807) is 0 Å². The number of amides is 1. The molecule has 0 aromatic heterocycles. The van der Waals surface area contributed by atoms with Crippen molar-refractivity contribution in [1.82, 2.24) is 5.32 Å². The molecule has 0 heterocycles. The summed E-state index contributed by atoms with van der Waals surface area (Å²) in [7, 11) is 0. The van der Waals surface area contributed by atoms with Crippen LogP contribution in [0.3, 0.4) is 0 Å². The minimum absolute atomic E-state index is 0.0631. The van der Waals surface area contributed by atoms with E-state index in [1.165, 1.54) is 12.8 Å². The molecule has 0 saturated heterocycles. The third-order valence-electron chi connectivity index (χ3n) is 2.53. The smallest absolute Gasteiger partial charge is 0.236 e. The molecule has 88 valence electrons. The number of hydrogen-bond donors (Lipinski definition) is 2. The highest BCUT2D eigenvalue weighted by Crippen LogP contribution is 2.28. The van der Waals surface area contributed by atoms with Crippen molar-refractivity contribution in [3.05, 3.63) is 0 Å². The van der Waals surface area contributed by atoms with E-state index in [-0.39, 0.29) is 11.9 Å². The Labute approximate surface area is 91.5 Å². The fraction of sp³-hybridized carbons (Fsp3) is 0.909. The molecule has 0 radical (unpaired) electrons. The molecule has 1 aliphatic carbocycles. The molecule has 0 aromatic carbocycles. The Morgan fingerprint density at radius 2 is 2.33 bits per heavy atom. The predicted molar refractivity (Wildman–Crippen MR) is 59.4 cm³/mol. The molecule has 0 unspecified atom stereocenters. The molecule has 0 aromatic rings. The Balaban J connectivity index is 1.90. The lowest BCUT2D eigenvalue weighted by atomic mass is 10.2. The second kappa shape index (κ2) is 6.80. The fourth-order valence-electron chi connectivity index (χ4n) is 1.35. The number of carbonyl (C=O) groups excluding carboxylic acids is 1. The molecule has 3 N–H and O–H groups in total. The molecule has 4 heteroatoms. The number of nitrogens with two attached hydrogens (primary N) is 1. The first-order valence-corrected chi connectivity index (χ1v) is 5.85.